The molecular formula is C24H31ClN2O2S. The highest BCUT2D eigenvalue weighted by atomic mass is 35.5. The van der Waals surface area contributed by atoms with Crippen LogP contribution in [0.4, 0.5) is 0 Å². The lowest BCUT2D eigenvalue weighted by atomic mass is 10.1. The van der Waals surface area contributed by atoms with Gasteiger partial charge in [-0.15, -0.1) is 11.8 Å². The van der Waals surface area contributed by atoms with E-state index in [4.69, 9.17) is 11.6 Å². The average molecular weight is 447 g/mol. The van der Waals surface area contributed by atoms with E-state index in [1.54, 1.807) is 16.7 Å². The van der Waals surface area contributed by atoms with Gasteiger partial charge in [-0.25, -0.2) is 0 Å². The van der Waals surface area contributed by atoms with Gasteiger partial charge in [0.25, 0.3) is 0 Å². The Morgan fingerprint density at radius 3 is 2.30 bits per heavy atom. The maximum Gasteiger partial charge on any atom is 0.242 e. The van der Waals surface area contributed by atoms with E-state index in [0.717, 1.165) is 16.9 Å². The van der Waals surface area contributed by atoms with Crippen molar-refractivity contribution >= 4 is 35.2 Å². The molecule has 0 bridgehead atoms. The van der Waals surface area contributed by atoms with Crippen molar-refractivity contribution in [1.82, 2.24) is 10.2 Å². The standard InChI is InChI=1S/C24H31ClN2O2S/c1-4-22(24(29)26-14-18(2)3)27(15-19-8-6-5-7-9-19)23(28)17-30-16-20-10-12-21(25)13-11-20/h5-13,18,22H,4,14-17H2,1-3H3,(H,26,29). The molecule has 162 valence electrons. The molecule has 0 aliphatic rings. The Hall–Kier alpha value is -1.98. The van der Waals surface area contributed by atoms with Gasteiger partial charge in [0.1, 0.15) is 6.04 Å². The van der Waals surface area contributed by atoms with Crippen molar-refractivity contribution in [2.24, 2.45) is 5.92 Å². The Bertz CT molecular complexity index is 797. The second kappa shape index (κ2) is 12.7. The maximum absolute atomic E-state index is 13.1. The molecule has 1 unspecified atom stereocenters. The third kappa shape index (κ3) is 8.04. The molecule has 2 amide bonds. The van der Waals surface area contributed by atoms with Gasteiger partial charge in [0.2, 0.25) is 11.8 Å². The minimum atomic E-state index is -0.479. The van der Waals surface area contributed by atoms with Crippen molar-refractivity contribution in [3.63, 3.8) is 0 Å². The van der Waals surface area contributed by atoms with E-state index in [2.05, 4.69) is 19.2 Å². The van der Waals surface area contributed by atoms with Crippen LogP contribution in [-0.4, -0.2) is 35.1 Å². The van der Waals surface area contributed by atoms with Crippen LogP contribution >= 0.6 is 23.4 Å². The molecule has 1 atom stereocenters. The monoisotopic (exact) mass is 446 g/mol. The van der Waals surface area contributed by atoms with Gasteiger partial charge in [-0.2, -0.15) is 0 Å². The number of halogens is 1. The molecule has 0 heterocycles. The molecule has 0 aliphatic carbocycles. The molecule has 6 heteroatoms. The molecule has 2 aromatic rings. The number of carbonyl (C=O) groups excluding carboxylic acids is 2. The van der Waals surface area contributed by atoms with Gasteiger partial charge in [-0.05, 0) is 35.6 Å². The highest BCUT2D eigenvalue weighted by Gasteiger charge is 2.28. The van der Waals surface area contributed by atoms with Crippen LogP contribution in [0.15, 0.2) is 54.6 Å². The quantitative estimate of drug-likeness (QED) is 0.519. The lowest BCUT2D eigenvalue weighted by molar-refractivity contribution is -0.139. The predicted octanol–water partition coefficient (Wildman–Crippen LogP) is 5.15. The summed E-state index contributed by atoms with van der Waals surface area (Å²) in [6, 6.07) is 17.0. The predicted molar refractivity (Wildman–Crippen MR) is 127 cm³/mol. The molecule has 0 spiro atoms. The molecule has 1 N–H and O–H groups in total. The highest BCUT2D eigenvalue weighted by molar-refractivity contribution is 7.99. The van der Waals surface area contributed by atoms with Gasteiger partial charge < -0.3 is 10.2 Å². The first-order valence-corrected chi connectivity index (χ1v) is 11.9. The van der Waals surface area contributed by atoms with E-state index < -0.39 is 6.04 Å². The van der Waals surface area contributed by atoms with Gasteiger partial charge in [0.05, 0.1) is 5.75 Å². The smallest absolute Gasteiger partial charge is 0.242 e. The first-order chi connectivity index (χ1) is 14.4. The Labute approximate surface area is 189 Å². The number of carbonyl (C=O) groups is 2. The summed E-state index contributed by atoms with van der Waals surface area (Å²) in [6.45, 7) is 7.09. The lowest BCUT2D eigenvalue weighted by Gasteiger charge is -2.31. The van der Waals surface area contributed by atoms with Crippen LogP contribution in [0.1, 0.15) is 38.3 Å². The van der Waals surface area contributed by atoms with E-state index >= 15 is 0 Å². The highest BCUT2D eigenvalue weighted by Crippen LogP contribution is 2.18. The fraction of sp³-hybridized carbons (Fsp3) is 0.417. The van der Waals surface area contributed by atoms with Gasteiger partial charge in [0, 0.05) is 23.9 Å². The minimum Gasteiger partial charge on any atom is -0.354 e. The summed E-state index contributed by atoms with van der Waals surface area (Å²) in [4.78, 5) is 27.7. The fourth-order valence-corrected chi connectivity index (χ4v) is 4.04. The number of hydrogen-bond acceptors (Lipinski definition) is 3. The SMILES string of the molecule is CCC(C(=O)NCC(C)C)N(Cc1ccccc1)C(=O)CSCc1ccc(Cl)cc1. The zero-order valence-corrected chi connectivity index (χ0v) is 19.5. The van der Waals surface area contributed by atoms with Crippen LogP contribution in [-0.2, 0) is 21.9 Å². The summed E-state index contributed by atoms with van der Waals surface area (Å²) in [5.74, 6) is 1.30. The van der Waals surface area contributed by atoms with Gasteiger partial charge in [-0.1, -0.05) is 74.8 Å². The molecule has 0 saturated heterocycles. The average Bonchev–Trinajstić information content (AvgIpc) is 2.74. The Morgan fingerprint density at radius 1 is 1.03 bits per heavy atom. The number of nitrogens with one attached hydrogen (secondary N) is 1. The minimum absolute atomic E-state index is 0.0237. The van der Waals surface area contributed by atoms with Crippen LogP contribution in [0.25, 0.3) is 0 Å². The molecule has 0 radical (unpaired) electrons. The van der Waals surface area contributed by atoms with Crippen LogP contribution in [0.3, 0.4) is 0 Å². The summed E-state index contributed by atoms with van der Waals surface area (Å²) in [7, 11) is 0. The normalized spacial score (nSPS) is 11.9. The van der Waals surface area contributed by atoms with Crippen LogP contribution in [0.5, 0.6) is 0 Å². The maximum atomic E-state index is 13.1. The third-order valence-corrected chi connectivity index (χ3v) is 5.91. The molecule has 0 fully saturated rings. The topological polar surface area (TPSA) is 49.4 Å². The van der Waals surface area contributed by atoms with Crippen molar-refractivity contribution in [3.05, 3.63) is 70.7 Å². The fourth-order valence-electron chi connectivity index (χ4n) is 3.04. The first kappa shape index (κ1) is 24.3. The Morgan fingerprint density at radius 2 is 1.70 bits per heavy atom. The van der Waals surface area contributed by atoms with Crippen LogP contribution in [0, 0.1) is 5.92 Å². The summed E-state index contributed by atoms with van der Waals surface area (Å²) in [6.07, 6.45) is 0.574. The van der Waals surface area contributed by atoms with E-state index in [-0.39, 0.29) is 11.8 Å². The molecule has 4 nitrogen and oxygen atoms in total. The first-order valence-electron chi connectivity index (χ1n) is 10.3. The number of amides is 2. The van der Waals surface area contributed by atoms with Crippen LogP contribution in [0.2, 0.25) is 5.02 Å². The van der Waals surface area contributed by atoms with E-state index in [1.807, 2.05) is 61.5 Å². The number of benzene rings is 2. The summed E-state index contributed by atoms with van der Waals surface area (Å²) in [5, 5.41) is 3.69. The molecular weight excluding hydrogens is 416 g/mol. The summed E-state index contributed by atoms with van der Waals surface area (Å²) < 4.78 is 0. The van der Waals surface area contributed by atoms with Crippen LogP contribution < -0.4 is 5.32 Å². The number of thioether (sulfide) groups is 1. The zero-order chi connectivity index (χ0) is 21.9. The second-order valence-electron chi connectivity index (χ2n) is 7.69. The molecule has 0 saturated carbocycles. The Kier molecular flexibility index (Phi) is 10.2. The summed E-state index contributed by atoms with van der Waals surface area (Å²) >= 11 is 7.49. The van der Waals surface area contributed by atoms with Gasteiger partial charge in [-0.3, -0.25) is 9.59 Å². The zero-order valence-electron chi connectivity index (χ0n) is 17.9. The molecule has 2 rings (SSSR count). The van der Waals surface area contributed by atoms with E-state index in [1.165, 1.54) is 0 Å². The largest absolute Gasteiger partial charge is 0.354 e. The third-order valence-electron chi connectivity index (χ3n) is 4.67. The molecule has 0 aliphatic heterocycles. The lowest BCUT2D eigenvalue weighted by Crippen LogP contribution is -2.50. The number of hydrogen-bond donors (Lipinski definition) is 1. The van der Waals surface area contributed by atoms with Crippen molar-refractivity contribution in [2.45, 2.75) is 45.5 Å². The van der Waals surface area contributed by atoms with Crippen molar-refractivity contribution < 1.29 is 9.59 Å². The van der Waals surface area contributed by atoms with E-state index in [0.29, 0.717) is 36.2 Å². The molecule has 2 aromatic carbocycles. The number of nitrogens with zero attached hydrogens (tertiary/aromatic N) is 1. The molecule has 30 heavy (non-hydrogen) atoms. The van der Waals surface area contributed by atoms with Crippen molar-refractivity contribution in [1.29, 1.82) is 0 Å². The Balaban J connectivity index is 2.07. The van der Waals surface area contributed by atoms with Gasteiger partial charge >= 0.3 is 0 Å². The molecule has 0 aromatic heterocycles. The van der Waals surface area contributed by atoms with Gasteiger partial charge in [0.15, 0.2) is 0 Å². The number of rotatable bonds is 11. The van der Waals surface area contributed by atoms with Crippen molar-refractivity contribution in [3.8, 4) is 0 Å². The summed E-state index contributed by atoms with van der Waals surface area (Å²) in [5.41, 5.74) is 2.14. The van der Waals surface area contributed by atoms with E-state index in [9.17, 15) is 9.59 Å². The van der Waals surface area contributed by atoms with Crippen molar-refractivity contribution in [2.75, 3.05) is 12.3 Å². The second-order valence-corrected chi connectivity index (χ2v) is 9.11.